The smallest absolute Gasteiger partial charge is 0.337 e. The minimum Gasteiger partial charge on any atom is -0.478 e. The first-order chi connectivity index (χ1) is 11.9. The Kier molecular flexibility index (Phi) is 5.34. The first-order valence-corrected chi connectivity index (χ1v) is 10.5. The molecule has 7 heteroatoms. The molecule has 1 saturated heterocycles. The zero-order valence-corrected chi connectivity index (χ0v) is 15.1. The molecule has 2 N–H and O–H groups in total. The molecule has 2 fully saturated rings. The third kappa shape index (κ3) is 4.52. The van der Waals surface area contributed by atoms with E-state index in [0.717, 1.165) is 25.7 Å². The van der Waals surface area contributed by atoms with Crippen LogP contribution in [0.4, 0.5) is 5.69 Å². The van der Waals surface area contributed by atoms with E-state index in [4.69, 9.17) is 9.84 Å². The van der Waals surface area contributed by atoms with Gasteiger partial charge in [-0.15, -0.1) is 0 Å². The number of sulfonamides is 1. The number of anilines is 1. The Morgan fingerprint density at radius 1 is 1.20 bits per heavy atom. The first kappa shape index (κ1) is 18.2. The Hall–Kier alpha value is -1.60. The summed E-state index contributed by atoms with van der Waals surface area (Å²) in [4.78, 5) is 11.2. The lowest BCUT2D eigenvalue weighted by Crippen LogP contribution is -2.42. The van der Waals surface area contributed by atoms with E-state index >= 15 is 0 Å². The largest absolute Gasteiger partial charge is 0.478 e. The lowest BCUT2D eigenvalue weighted by atomic mass is 9.78. The summed E-state index contributed by atoms with van der Waals surface area (Å²) in [5.74, 6) is -1.25. The van der Waals surface area contributed by atoms with Gasteiger partial charge in [0, 0.05) is 0 Å². The maximum Gasteiger partial charge on any atom is 0.337 e. The van der Waals surface area contributed by atoms with Crippen LogP contribution in [0.2, 0.25) is 0 Å². The van der Waals surface area contributed by atoms with Crippen LogP contribution in [0.25, 0.3) is 0 Å². The molecular weight excluding hydrogens is 342 g/mol. The van der Waals surface area contributed by atoms with Crippen molar-refractivity contribution >= 4 is 21.7 Å². The summed E-state index contributed by atoms with van der Waals surface area (Å²) in [6.45, 7) is 0.460. The molecule has 0 radical (unpaired) electrons. The van der Waals surface area contributed by atoms with E-state index in [1.165, 1.54) is 31.4 Å². The minimum absolute atomic E-state index is 0.0259. The summed E-state index contributed by atoms with van der Waals surface area (Å²) < 4.78 is 33.4. The second-order valence-corrected chi connectivity index (χ2v) is 8.96. The number of carboxylic acids is 1. The molecule has 6 nitrogen and oxygen atoms in total. The molecule has 1 unspecified atom stereocenters. The van der Waals surface area contributed by atoms with Crippen molar-refractivity contribution in [3.63, 3.8) is 0 Å². The molecule has 0 bridgehead atoms. The Morgan fingerprint density at radius 2 is 1.92 bits per heavy atom. The van der Waals surface area contributed by atoms with Crippen LogP contribution in [-0.2, 0) is 14.8 Å². The van der Waals surface area contributed by atoms with Gasteiger partial charge in [0.2, 0.25) is 10.0 Å². The van der Waals surface area contributed by atoms with E-state index in [1.807, 2.05) is 0 Å². The second-order valence-electron chi connectivity index (χ2n) is 7.19. The monoisotopic (exact) mass is 367 g/mol. The number of rotatable bonds is 5. The molecule has 1 aromatic rings. The van der Waals surface area contributed by atoms with Crippen LogP contribution < -0.4 is 4.72 Å². The summed E-state index contributed by atoms with van der Waals surface area (Å²) in [5, 5.41) is 9.17. The number of ether oxygens (including phenoxy) is 1. The average molecular weight is 367 g/mol. The van der Waals surface area contributed by atoms with Crippen LogP contribution >= 0.6 is 0 Å². The van der Waals surface area contributed by atoms with Gasteiger partial charge in [0.1, 0.15) is 0 Å². The van der Waals surface area contributed by atoms with Crippen LogP contribution in [0, 0.1) is 5.92 Å². The fraction of sp³-hybridized carbons (Fsp3) is 0.611. The Morgan fingerprint density at radius 3 is 2.56 bits per heavy atom. The second kappa shape index (κ2) is 7.33. The molecule has 25 heavy (non-hydrogen) atoms. The normalized spacial score (nSPS) is 23.3. The summed E-state index contributed by atoms with van der Waals surface area (Å²) in [6.07, 6.45) is 7.55. The third-order valence-corrected chi connectivity index (χ3v) is 6.72. The van der Waals surface area contributed by atoms with Crippen LogP contribution in [0.5, 0.6) is 0 Å². The number of carboxylic acid groups (broad SMARTS) is 1. The third-order valence-electron chi connectivity index (χ3n) is 5.28. The summed E-state index contributed by atoms with van der Waals surface area (Å²) in [7, 11) is -3.63. The van der Waals surface area contributed by atoms with Crippen molar-refractivity contribution in [2.24, 2.45) is 5.92 Å². The molecule has 1 aromatic carbocycles. The fourth-order valence-electron chi connectivity index (χ4n) is 3.92. The van der Waals surface area contributed by atoms with Crippen LogP contribution in [0.1, 0.15) is 55.3 Å². The van der Waals surface area contributed by atoms with Crippen molar-refractivity contribution in [2.75, 3.05) is 17.1 Å². The van der Waals surface area contributed by atoms with E-state index in [0.29, 0.717) is 6.61 Å². The Bertz CT molecular complexity index is 715. The van der Waals surface area contributed by atoms with Crippen molar-refractivity contribution in [3.05, 3.63) is 29.8 Å². The molecule has 1 heterocycles. The lowest BCUT2D eigenvalue weighted by molar-refractivity contribution is -0.116. The predicted molar refractivity (Wildman–Crippen MR) is 95.3 cm³/mol. The molecule has 2 aliphatic rings. The van der Waals surface area contributed by atoms with E-state index in [2.05, 4.69) is 4.72 Å². The van der Waals surface area contributed by atoms with Gasteiger partial charge in [0.15, 0.2) is 0 Å². The van der Waals surface area contributed by atoms with Crippen LogP contribution in [-0.4, -0.2) is 37.5 Å². The average Bonchev–Trinajstić information content (AvgIpc) is 2.58. The van der Waals surface area contributed by atoms with E-state index < -0.39 is 16.0 Å². The molecule has 1 aliphatic heterocycles. The van der Waals surface area contributed by atoms with Crippen molar-refractivity contribution in [1.29, 1.82) is 0 Å². The summed E-state index contributed by atoms with van der Waals surface area (Å²) >= 11 is 0. The maximum absolute atomic E-state index is 12.5. The van der Waals surface area contributed by atoms with Crippen molar-refractivity contribution in [3.8, 4) is 0 Å². The number of para-hydroxylation sites is 1. The van der Waals surface area contributed by atoms with Gasteiger partial charge in [-0.1, -0.05) is 31.4 Å². The minimum atomic E-state index is -3.63. The Balaban J connectivity index is 1.60. The van der Waals surface area contributed by atoms with Crippen LogP contribution in [0.3, 0.4) is 0 Å². The topological polar surface area (TPSA) is 92.7 Å². The van der Waals surface area contributed by atoms with Gasteiger partial charge in [-0.05, 0) is 43.7 Å². The molecule has 1 spiro atoms. The number of aromatic carboxylic acids is 1. The quantitative estimate of drug-likeness (QED) is 0.833. The number of benzene rings is 1. The molecule has 1 saturated carbocycles. The lowest BCUT2D eigenvalue weighted by Gasteiger charge is -2.42. The van der Waals surface area contributed by atoms with Crippen molar-refractivity contribution in [1.82, 2.24) is 0 Å². The highest BCUT2D eigenvalue weighted by Gasteiger charge is 2.38. The zero-order valence-electron chi connectivity index (χ0n) is 14.2. The first-order valence-electron chi connectivity index (χ1n) is 8.86. The van der Waals surface area contributed by atoms with E-state index in [9.17, 15) is 13.2 Å². The standard InChI is InChI=1S/C18H25NO5S/c20-17(21)15-6-2-3-7-16(15)19-25(22,23)13-14-8-11-18(24-12-14)9-4-1-5-10-18/h2-3,6-7,14,19H,1,4-5,8-13H2,(H,20,21). The van der Waals surface area contributed by atoms with Gasteiger partial charge in [0.05, 0.1) is 29.2 Å². The molecule has 1 atom stereocenters. The molecule has 1 aliphatic carbocycles. The van der Waals surface area contributed by atoms with Gasteiger partial charge in [-0.3, -0.25) is 4.72 Å². The van der Waals surface area contributed by atoms with Crippen molar-refractivity contribution in [2.45, 2.75) is 50.5 Å². The van der Waals surface area contributed by atoms with Gasteiger partial charge in [-0.25, -0.2) is 13.2 Å². The number of hydrogen-bond acceptors (Lipinski definition) is 4. The van der Waals surface area contributed by atoms with Gasteiger partial charge >= 0.3 is 5.97 Å². The number of nitrogens with one attached hydrogen (secondary N) is 1. The maximum atomic E-state index is 12.5. The Labute approximate surface area is 148 Å². The van der Waals surface area contributed by atoms with E-state index in [-0.39, 0.29) is 28.5 Å². The molecule has 0 amide bonds. The highest BCUT2D eigenvalue weighted by molar-refractivity contribution is 7.92. The van der Waals surface area contributed by atoms with Crippen molar-refractivity contribution < 1.29 is 23.1 Å². The number of hydrogen-bond donors (Lipinski definition) is 2. The number of carbonyl (C=O) groups is 1. The molecule has 0 aromatic heterocycles. The van der Waals surface area contributed by atoms with Gasteiger partial charge in [0.25, 0.3) is 0 Å². The SMILES string of the molecule is O=C(O)c1ccccc1NS(=O)(=O)CC1CCC2(CCCCC2)OC1. The predicted octanol–water partition coefficient (Wildman–Crippen LogP) is 3.26. The molecular formula is C18H25NO5S. The molecule has 138 valence electrons. The summed E-state index contributed by atoms with van der Waals surface area (Å²) in [6, 6.07) is 6.03. The fourth-order valence-corrected chi connectivity index (χ4v) is 5.40. The van der Waals surface area contributed by atoms with Gasteiger partial charge in [-0.2, -0.15) is 0 Å². The zero-order chi connectivity index (χ0) is 17.9. The van der Waals surface area contributed by atoms with E-state index in [1.54, 1.807) is 12.1 Å². The van der Waals surface area contributed by atoms with Crippen LogP contribution in [0.15, 0.2) is 24.3 Å². The highest BCUT2D eigenvalue weighted by atomic mass is 32.2. The van der Waals surface area contributed by atoms with Gasteiger partial charge < -0.3 is 9.84 Å². The summed E-state index contributed by atoms with van der Waals surface area (Å²) in [5.41, 5.74) is 0.0320. The molecule has 3 rings (SSSR count). The highest BCUT2D eigenvalue weighted by Crippen LogP contribution is 2.40.